The lowest BCUT2D eigenvalue weighted by molar-refractivity contribution is -0.114. The van der Waals surface area contributed by atoms with Crippen molar-refractivity contribution in [1.82, 2.24) is 0 Å². The molecule has 2 aromatic carbocycles. The largest absolute Gasteiger partial charge is 0.478 e. The Balaban J connectivity index is 2.34. The van der Waals surface area contributed by atoms with Gasteiger partial charge in [-0.2, -0.15) is 0 Å². The van der Waals surface area contributed by atoms with Crippen LogP contribution in [0.4, 0.5) is 5.69 Å². The highest BCUT2D eigenvalue weighted by molar-refractivity contribution is 6.31. The predicted molar refractivity (Wildman–Crippen MR) is 81.0 cm³/mol. The molecule has 0 spiro atoms. The minimum Gasteiger partial charge on any atom is -0.478 e. The van der Waals surface area contributed by atoms with Gasteiger partial charge in [-0.15, -0.1) is 0 Å². The number of hydrogen-bond acceptors (Lipinski definition) is 4. The molecule has 0 unspecified atom stereocenters. The summed E-state index contributed by atoms with van der Waals surface area (Å²) in [6, 6.07) is 8.83. The second-order valence-electron chi connectivity index (χ2n) is 5.10. The highest BCUT2D eigenvalue weighted by atomic mass is 16.4. The topological polar surface area (TPSA) is 101 Å². The van der Waals surface area contributed by atoms with Gasteiger partial charge in [0.1, 0.15) is 0 Å². The van der Waals surface area contributed by atoms with Gasteiger partial charge in [0.15, 0.2) is 11.6 Å². The summed E-state index contributed by atoms with van der Waals surface area (Å²) >= 11 is 0. The van der Waals surface area contributed by atoms with E-state index in [1.54, 1.807) is 18.2 Å². The van der Waals surface area contributed by atoms with Crippen LogP contribution in [-0.2, 0) is 4.79 Å². The van der Waals surface area contributed by atoms with Crippen LogP contribution in [0.25, 0.3) is 0 Å². The van der Waals surface area contributed by atoms with Crippen molar-refractivity contribution in [2.45, 2.75) is 6.92 Å². The summed E-state index contributed by atoms with van der Waals surface area (Å²) in [5.74, 6) is -2.68. The van der Waals surface area contributed by atoms with Crippen molar-refractivity contribution in [3.8, 4) is 0 Å². The average Bonchev–Trinajstić information content (AvgIpc) is 2.51. The molecule has 1 aliphatic carbocycles. The van der Waals surface area contributed by atoms with Crippen LogP contribution < -0.4 is 5.32 Å². The molecule has 6 nitrogen and oxygen atoms in total. The Labute approximate surface area is 130 Å². The minimum absolute atomic E-state index is 0.0798. The van der Waals surface area contributed by atoms with Crippen molar-refractivity contribution >= 4 is 29.1 Å². The third-order valence-electron chi connectivity index (χ3n) is 3.62. The van der Waals surface area contributed by atoms with Crippen molar-refractivity contribution < 1.29 is 24.3 Å². The molecule has 0 heterocycles. The fourth-order valence-electron chi connectivity index (χ4n) is 2.67. The number of amides is 1. The number of anilines is 1. The molecule has 114 valence electrons. The van der Waals surface area contributed by atoms with Crippen molar-refractivity contribution in [2.24, 2.45) is 0 Å². The van der Waals surface area contributed by atoms with Crippen LogP contribution in [0.3, 0.4) is 0 Å². The summed E-state index contributed by atoms with van der Waals surface area (Å²) < 4.78 is 0. The first-order valence-corrected chi connectivity index (χ1v) is 6.78. The maximum absolute atomic E-state index is 12.7. The Morgan fingerprint density at radius 2 is 1.52 bits per heavy atom. The lowest BCUT2D eigenvalue weighted by Crippen LogP contribution is -2.25. The molecule has 2 N–H and O–H groups in total. The van der Waals surface area contributed by atoms with Crippen LogP contribution in [-0.4, -0.2) is 28.5 Å². The summed E-state index contributed by atoms with van der Waals surface area (Å²) in [5, 5.41) is 11.7. The molecule has 0 aliphatic heterocycles. The maximum Gasteiger partial charge on any atom is 0.337 e. The van der Waals surface area contributed by atoms with E-state index in [-0.39, 0.29) is 39.3 Å². The molecule has 0 saturated heterocycles. The van der Waals surface area contributed by atoms with Crippen LogP contribution >= 0.6 is 0 Å². The van der Waals surface area contributed by atoms with Gasteiger partial charge in [-0.05, 0) is 12.1 Å². The zero-order valence-corrected chi connectivity index (χ0v) is 12.0. The summed E-state index contributed by atoms with van der Waals surface area (Å²) in [7, 11) is 0. The number of carboxylic acids is 1. The molecule has 23 heavy (non-hydrogen) atoms. The first kappa shape index (κ1) is 14.6. The van der Waals surface area contributed by atoms with Gasteiger partial charge in [-0.25, -0.2) is 4.79 Å². The molecule has 1 amide bonds. The first-order valence-electron chi connectivity index (χ1n) is 6.78. The first-order chi connectivity index (χ1) is 10.9. The van der Waals surface area contributed by atoms with E-state index >= 15 is 0 Å². The normalized spacial score (nSPS) is 12.4. The lowest BCUT2D eigenvalue weighted by Gasteiger charge is -2.21. The molecule has 2 aromatic rings. The van der Waals surface area contributed by atoms with Gasteiger partial charge in [0.05, 0.1) is 16.8 Å². The van der Waals surface area contributed by atoms with Crippen molar-refractivity contribution in [1.29, 1.82) is 0 Å². The third-order valence-corrected chi connectivity index (χ3v) is 3.62. The van der Waals surface area contributed by atoms with Gasteiger partial charge in [0.25, 0.3) is 0 Å². The number of benzene rings is 2. The summed E-state index contributed by atoms with van der Waals surface area (Å²) in [4.78, 5) is 48.1. The highest BCUT2D eigenvalue weighted by Gasteiger charge is 2.33. The molecule has 0 bridgehead atoms. The molecule has 6 heteroatoms. The standard InChI is InChI=1S/C17H11NO5/c1-8(19)18-14-12(17(22)23)7-6-11-13(14)16(21)10-5-3-2-4-9(10)15(11)20/h2-7H,1H3,(H,18,19)(H,22,23). The third kappa shape index (κ3) is 2.20. The van der Waals surface area contributed by atoms with Gasteiger partial charge >= 0.3 is 5.97 Å². The summed E-state index contributed by atoms with van der Waals surface area (Å²) in [5.41, 5.74) is 0.0853. The molecular weight excluding hydrogens is 298 g/mol. The van der Waals surface area contributed by atoms with Gasteiger partial charge in [-0.3, -0.25) is 14.4 Å². The fourth-order valence-corrected chi connectivity index (χ4v) is 2.67. The number of carbonyl (C=O) groups excluding carboxylic acids is 3. The van der Waals surface area contributed by atoms with Crippen LogP contribution in [0, 0.1) is 0 Å². The van der Waals surface area contributed by atoms with E-state index in [1.807, 2.05) is 0 Å². The van der Waals surface area contributed by atoms with E-state index in [4.69, 9.17) is 0 Å². The van der Waals surface area contributed by atoms with E-state index in [1.165, 1.54) is 25.1 Å². The van der Waals surface area contributed by atoms with Crippen LogP contribution in [0.2, 0.25) is 0 Å². The Bertz CT molecular complexity index is 898. The molecule has 0 aromatic heterocycles. The second-order valence-corrected chi connectivity index (χ2v) is 5.10. The molecular formula is C17H11NO5. The van der Waals surface area contributed by atoms with E-state index < -0.39 is 17.7 Å². The van der Waals surface area contributed by atoms with E-state index in [2.05, 4.69) is 5.32 Å². The number of aromatic carboxylic acids is 1. The number of ketones is 2. The van der Waals surface area contributed by atoms with E-state index in [0.29, 0.717) is 0 Å². The number of nitrogens with one attached hydrogen (secondary N) is 1. The molecule has 0 saturated carbocycles. The predicted octanol–water partition coefficient (Wildman–Crippen LogP) is 2.12. The van der Waals surface area contributed by atoms with Gasteiger partial charge in [0.2, 0.25) is 5.91 Å². The summed E-state index contributed by atoms with van der Waals surface area (Å²) in [6.07, 6.45) is 0. The fraction of sp³-hybridized carbons (Fsp3) is 0.0588. The minimum atomic E-state index is -1.30. The molecule has 0 radical (unpaired) electrons. The SMILES string of the molecule is CC(=O)Nc1c(C(=O)O)ccc2c1C(=O)c1ccccc1C2=O. The molecule has 0 atom stereocenters. The number of rotatable bonds is 2. The number of carboxylic acid groups (broad SMARTS) is 1. The van der Waals surface area contributed by atoms with Gasteiger partial charge in [-0.1, -0.05) is 24.3 Å². The zero-order valence-electron chi connectivity index (χ0n) is 12.0. The summed E-state index contributed by atoms with van der Waals surface area (Å²) in [6.45, 7) is 1.20. The number of hydrogen-bond donors (Lipinski definition) is 2. The van der Waals surface area contributed by atoms with Crippen molar-refractivity contribution in [2.75, 3.05) is 5.32 Å². The van der Waals surface area contributed by atoms with E-state index in [0.717, 1.165) is 0 Å². The Morgan fingerprint density at radius 1 is 0.913 bits per heavy atom. The van der Waals surface area contributed by atoms with Crippen molar-refractivity contribution in [3.63, 3.8) is 0 Å². The Kier molecular flexibility index (Phi) is 3.29. The molecule has 3 rings (SSSR count). The smallest absolute Gasteiger partial charge is 0.337 e. The quantitative estimate of drug-likeness (QED) is 0.755. The maximum atomic E-state index is 12.7. The highest BCUT2D eigenvalue weighted by Crippen LogP contribution is 2.34. The average molecular weight is 309 g/mol. The lowest BCUT2D eigenvalue weighted by atomic mass is 9.82. The number of fused-ring (bicyclic) bond motifs is 2. The number of carbonyl (C=O) groups is 4. The zero-order chi connectivity index (χ0) is 16.7. The van der Waals surface area contributed by atoms with Crippen LogP contribution in [0.1, 0.15) is 49.1 Å². The van der Waals surface area contributed by atoms with E-state index in [9.17, 15) is 24.3 Å². The van der Waals surface area contributed by atoms with Crippen LogP contribution in [0.5, 0.6) is 0 Å². The monoisotopic (exact) mass is 309 g/mol. The van der Waals surface area contributed by atoms with Crippen molar-refractivity contribution in [3.05, 3.63) is 64.2 Å². The molecule has 0 fully saturated rings. The van der Waals surface area contributed by atoms with Crippen LogP contribution in [0.15, 0.2) is 36.4 Å². The Hall–Kier alpha value is -3.28. The Morgan fingerprint density at radius 3 is 2.09 bits per heavy atom. The van der Waals surface area contributed by atoms with Gasteiger partial charge < -0.3 is 10.4 Å². The van der Waals surface area contributed by atoms with Gasteiger partial charge in [0, 0.05) is 23.6 Å². The molecule has 1 aliphatic rings. The second kappa shape index (κ2) is 5.17.